The van der Waals surface area contributed by atoms with Crippen LogP contribution in [0.15, 0.2) is 0 Å². The standard InChI is InChI=1S/C13H24BrNO/c1-10(14)13(2,3)15-12(16)9-8-11-6-4-5-7-11/h10-11H,4-9H2,1-3H3,(H,15,16). The van der Waals surface area contributed by atoms with Gasteiger partial charge in [-0.15, -0.1) is 0 Å². The maximum Gasteiger partial charge on any atom is 0.220 e. The summed E-state index contributed by atoms with van der Waals surface area (Å²) in [6, 6.07) is 0. The first-order valence-corrected chi connectivity index (χ1v) is 7.28. The highest BCUT2D eigenvalue weighted by atomic mass is 79.9. The van der Waals surface area contributed by atoms with Crippen LogP contribution in [0.5, 0.6) is 0 Å². The summed E-state index contributed by atoms with van der Waals surface area (Å²) in [5, 5.41) is 3.09. The molecule has 1 amide bonds. The van der Waals surface area contributed by atoms with Crippen LogP contribution in [0, 0.1) is 5.92 Å². The third kappa shape index (κ3) is 4.44. The maximum absolute atomic E-state index is 11.8. The topological polar surface area (TPSA) is 29.1 Å². The maximum atomic E-state index is 11.8. The molecule has 0 aromatic carbocycles. The van der Waals surface area contributed by atoms with Crippen LogP contribution >= 0.6 is 15.9 Å². The summed E-state index contributed by atoms with van der Waals surface area (Å²) in [5.74, 6) is 0.999. The molecular weight excluding hydrogens is 266 g/mol. The Morgan fingerprint density at radius 1 is 1.44 bits per heavy atom. The number of halogens is 1. The van der Waals surface area contributed by atoms with Crippen molar-refractivity contribution in [3.8, 4) is 0 Å². The SMILES string of the molecule is CC(Br)C(C)(C)NC(=O)CCC1CCCC1. The van der Waals surface area contributed by atoms with Gasteiger partial charge in [-0.05, 0) is 26.2 Å². The molecule has 0 aromatic heterocycles. The van der Waals surface area contributed by atoms with Crippen molar-refractivity contribution < 1.29 is 4.79 Å². The van der Waals surface area contributed by atoms with E-state index in [1.807, 2.05) is 0 Å². The van der Waals surface area contributed by atoms with Crippen LogP contribution in [-0.4, -0.2) is 16.3 Å². The van der Waals surface area contributed by atoms with Crippen LogP contribution in [-0.2, 0) is 4.79 Å². The molecule has 0 heterocycles. The molecule has 1 aliphatic rings. The minimum absolute atomic E-state index is 0.160. The van der Waals surface area contributed by atoms with E-state index in [-0.39, 0.29) is 16.3 Å². The van der Waals surface area contributed by atoms with Crippen LogP contribution in [0.2, 0.25) is 0 Å². The molecule has 0 spiro atoms. The molecule has 3 heteroatoms. The zero-order chi connectivity index (χ0) is 12.2. The number of rotatable bonds is 5. The minimum atomic E-state index is -0.160. The summed E-state index contributed by atoms with van der Waals surface area (Å²) in [6.07, 6.45) is 7.12. The molecule has 0 radical (unpaired) electrons. The van der Waals surface area contributed by atoms with E-state index in [1.165, 1.54) is 25.7 Å². The molecule has 1 saturated carbocycles. The van der Waals surface area contributed by atoms with Crippen molar-refractivity contribution in [2.24, 2.45) is 5.92 Å². The normalized spacial score (nSPS) is 19.8. The number of alkyl halides is 1. The first kappa shape index (κ1) is 14.0. The van der Waals surface area contributed by atoms with E-state index >= 15 is 0 Å². The zero-order valence-corrected chi connectivity index (χ0v) is 12.3. The number of amides is 1. The summed E-state index contributed by atoms with van der Waals surface area (Å²) in [5.41, 5.74) is -0.160. The third-order valence-corrected chi connectivity index (χ3v) is 4.86. The van der Waals surface area contributed by atoms with E-state index in [4.69, 9.17) is 0 Å². The summed E-state index contributed by atoms with van der Waals surface area (Å²) < 4.78 is 0. The number of nitrogens with one attached hydrogen (secondary N) is 1. The predicted molar refractivity (Wildman–Crippen MR) is 71.8 cm³/mol. The molecule has 1 rings (SSSR count). The smallest absolute Gasteiger partial charge is 0.220 e. The lowest BCUT2D eigenvalue weighted by atomic mass is 9.99. The predicted octanol–water partition coefficient (Wildman–Crippen LogP) is 3.64. The molecule has 94 valence electrons. The van der Waals surface area contributed by atoms with Crippen LogP contribution in [0.1, 0.15) is 59.3 Å². The van der Waals surface area contributed by atoms with Crippen LogP contribution in [0.25, 0.3) is 0 Å². The van der Waals surface area contributed by atoms with E-state index in [9.17, 15) is 4.79 Å². The van der Waals surface area contributed by atoms with Gasteiger partial charge >= 0.3 is 0 Å². The zero-order valence-electron chi connectivity index (χ0n) is 10.7. The van der Waals surface area contributed by atoms with Crippen LogP contribution in [0.3, 0.4) is 0 Å². The Kier molecular flexibility index (Phi) is 5.29. The van der Waals surface area contributed by atoms with Crippen molar-refractivity contribution in [2.45, 2.75) is 69.7 Å². The van der Waals surface area contributed by atoms with Gasteiger partial charge in [0, 0.05) is 16.8 Å². The molecule has 16 heavy (non-hydrogen) atoms. The Labute approximate surface area is 108 Å². The Hall–Kier alpha value is -0.0500. The molecule has 0 saturated heterocycles. The van der Waals surface area contributed by atoms with Gasteiger partial charge in [-0.25, -0.2) is 0 Å². The lowest BCUT2D eigenvalue weighted by Gasteiger charge is -2.29. The van der Waals surface area contributed by atoms with Crippen molar-refractivity contribution in [1.29, 1.82) is 0 Å². The van der Waals surface area contributed by atoms with E-state index in [2.05, 4.69) is 42.0 Å². The number of hydrogen-bond donors (Lipinski definition) is 1. The van der Waals surface area contributed by atoms with Crippen LogP contribution in [0.4, 0.5) is 0 Å². The molecule has 2 nitrogen and oxygen atoms in total. The molecular formula is C13H24BrNO. The van der Waals surface area contributed by atoms with Crippen molar-refractivity contribution in [2.75, 3.05) is 0 Å². The largest absolute Gasteiger partial charge is 0.350 e. The highest BCUT2D eigenvalue weighted by molar-refractivity contribution is 9.09. The van der Waals surface area contributed by atoms with E-state index in [0.29, 0.717) is 6.42 Å². The number of carbonyl (C=O) groups is 1. The van der Waals surface area contributed by atoms with E-state index in [0.717, 1.165) is 12.3 Å². The summed E-state index contributed by atoms with van der Waals surface area (Å²) in [7, 11) is 0. The van der Waals surface area contributed by atoms with Gasteiger partial charge < -0.3 is 5.32 Å². The van der Waals surface area contributed by atoms with Crippen molar-refractivity contribution in [3.05, 3.63) is 0 Å². The average molecular weight is 290 g/mol. The minimum Gasteiger partial charge on any atom is -0.350 e. The van der Waals surface area contributed by atoms with Gasteiger partial charge in [-0.1, -0.05) is 48.5 Å². The molecule has 1 unspecified atom stereocenters. The summed E-state index contributed by atoms with van der Waals surface area (Å²) in [6.45, 7) is 6.18. The second-order valence-electron chi connectivity index (χ2n) is 5.58. The average Bonchev–Trinajstić information content (AvgIpc) is 2.66. The summed E-state index contributed by atoms with van der Waals surface area (Å²) >= 11 is 3.53. The van der Waals surface area contributed by atoms with Crippen molar-refractivity contribution in [3.63, 3.8) is 0 Å². The van der Waals surface area contributed by atoms with Gasteiger partial charge in [0.05, 0.1) is 0 Å². The molecule has 1 aliphatic carbocycles. The monoisotopic (exact) mass is 289 g/mol. The van der Waals surface area contributed by atoms with Crippen molar-refractivity contribution >= 4 is 21.8 Å². The second-order valence-corrected chi connectivity index (χ2v) is 6.95. The Morgan fingerprint density at radius 2 is 2.00 bits per heavy atom. The third-order valence-electron chi connectivity index (χ3n) is 3.71. The molecule has 0 bridgehead atoms. The lowest BCUT2D eigenvalue weighted by molar-refractivity contribution is -0.122. The fraction of sp³-hybridized carbons (Fsp3) is 0.923. The number of carbonyl (C=O) groups excluding carboxylic acids is 1. The van der Waals surface area contributed by atoms with Gasteiger partial charge in [0.15, 0.2) is 0 Å². The van der Waals surface area contributed by atoms with Crippen molar-refractivity contribution in [1.82, 2.24) is 5.32 Å². The Morgan fingerprint density at radius 3 is 2.50 bits per heavy atom. The van der Waals surface area contributed by atoms with E-state index in [1.54, 1.807) is 0 Å². The van der Waals surface area contributed by atoms with Gasteiger partial charge in [0.25, 0.3) is 0 Å². The van der Waals surface area contributed by atoms with Crippen LogP contribution < -0.4 is 5.32 Å². The quantitative estimate of drug-likeness (QED) is 0.770. The Bertz CT molecular complexity index is 232. The second kappa shape index (κ2) is 6.04. The molecule has 1 N–H and O–H groups in total. The lowest BCUT2D eigenvalue weighted by Crippen LogP contribution is -2.48. The van der Waals surface area contributed by atoms with Gasteiger partial charge in [0.1, 0.15) is 0 Å². The number of hydrogen-bond acceptors (Lipinski definition) is 1. The first-order chi connectivity index (χ1) is 7.42. The summed E-state index contributed by atoms with van der Waals surface area (Å²) in [4.78, 5) is 12.1. The van der Waals surface area contributed by atoms with Gasteiger partial charge in [-0.2, -0.15) is 0 Å². The highest BCUT2D eigenvalue weighted by Gasteiger charge is 2.26. The molecule has 0 aliphatic heterocycles. The first-order valence-electron chi connectivity index (χ1n) is 6.37. The fourth-order valence-electron chi connectivity index (χ4n) is 2.16. The van der Waals surface area contributed by atoms with E-state index < -0.39 is 0 Å². The highest BCUT2D eigenvalue weighted by Crippen LogP contribution is 2.28. The fourth-order valence-corrected chi connectivity index (χ4v) is 2.27. The van der Waals surface area contributed by atoms with Gasteiger partial charge in [0.2, 0.25) is 5.91 Å². The molecule has 1 fully saturated rings. The van der Waals surface area contributed by atoms with Gasteiger partial charge in [-0.3, -0.25) is 4.79 Å². The Balaban J connectivity index is 2.24. The molecule has 1 atom stereocenters. The molecule has 0 aromatic rings.